The Kier molecular flexibility index (Phi) is 18.4. The first-order valence-electron chi connectivity index (χ1n) is 43.6. The van der Waals surface area contributed by atoms with Crippen molar-refractivity contribution in [3.05, 3.63) is 484 Å². The van der Waals surface area contributed by atoms with Crippen molar-refractivity contribution < 1.29 is 0 Å². The lowest BCUT2D eigenvalue weighted by atomic mass is 9.80. The molecule has 125 heavy (non-hydrogen) atoms. The zero-order valence-electron chi connectivity index (χ0n) is 69.5. The Bertz CT molecular complexity index is 8400. The van der Waals surface area contributed by atoms with Gasteiger partial charge in [-0.1, -0.05) is 451 Å². The van der Waals surface area contributed by atoms with E-state index >= 15 is 0 Å². The maximum absolute atomic E-state index is 2.47. The van der Waals surface area contributed by atoms with E-state index in [-0.39, 0.29) is 5.41 Å². The van der Waals surface area contributed by atoms with E-state index in [1.54, 1.807) is 0 Å². The highest BCUT2D eigenvalue weighted by atomic mass is 14.4. The molecule has 0 N–H and O–H groups in total. The van der Waals surface area contributed by atoms with Crippen LogP contribution in [0.25, 0.3) is 230 Å². The Morgan fingerprint density at radius 1 is 0.120 bits per heavy atom. The van der Waals surface area contributed by atoms with Crippen LogP contribution in [-0.4, -0.2) is 0 Å². The summed E-state index contributed by atoms with van der Waals surface area (Å²) in [6, 6.07) is 174. The Balaban J connectivity index is 0.000000108. The lowest BCUT2D eigenvalue weighted by Crippen LogP contribution is -2.14. The van der Waals surface area contributed by atoms with Crippen molar-refractivity contribution in [1.82, 2.24) is 0 Å². The van der Waals surface area contributed by atoms with Crippen molar-refractivity contribution in [1.29, 1.82) is 0 Å². The number of fused-ring (bicyclic) bond motifs is 14. The Morgan fingerprint density at radius 3 is 0.840 bits per heavy atom. The van der Waals surface area contributed by atoms with Gasteiger partial charge in [0.05, 0.1) is 0 Å². The maximum Gasteiger partial charge on any atom is 0.0159 e. The molecule has 0 heterocycles. The van der Waals surface area contributed by atoms with E-state index in [1.807, 2.05) is 0 Å². The van der Waals surface area contributed by atoms with Gasteiger partial charge >= 0.3 is 0 Å². The number of rotatable bonds is 9. The smallest absolute Gasteiger partial charge is 0.0159 e. The highest BCUT2D eigenvalue weighted by Crippen LogP contribution is 2.54. The molecular formula is C125H84. The second-order valence-electron chi connectivity index (χ2n) is 33.9. The van der Waals surface area contributed by atoms with Crippen LogP contribution >= 0.6 is 0 Å². The van der Waals surface area contributed by atoms with Crippen molar-refractivity contribution in [2.75, 3.05) is 0 Å². The quantitative estimate of drug-likeness (QED) is 0.126. The molecule has 0 aromatic heterocycles. The van der Waals surface area contributed by atoms with Crippen LogP contribution in [0.15, 0.2) is 473 Å². The zero-order valence-corrected chi connectivity index (χ0v) is 69.5. The van der Waals surface area contributed by atoms with Gasteiger partial charge in [-0.05, 0) is 277 Å². The molecule has 0 radical (unpaired) electrons. The average molecular weight is 1590 g/mol. The molecule has 0 saturated carbocycles. The van der Waals surface area contributed by atoms with Crippen molar-refractivity contribution >= 4 is 118 Å². The maximum atomic E-state index is 2.47. The molecule has 0 unspecified atom stereocenters. The fourth-order valence-corrected chi connectivity index (χ4v) is 20.7. The molecular weight excluding hydrogens is 1500 g/mol. The predicted molar refractivity (Wildman–Crippen MR) is 538 cm³/mol. The first-order chi connectivity index (χ1) is 61.8. The minimum Gasteiger partial charge on any atom is -0.0622 e. The van der Waals surface area contributed by atoms with Gasteiger partial charge in [-0.2, -0.15) is 0 Å². The van der Waals surface area contributed by atoms with Gasteiger partial charge < -0.3 is 0 Å². The van der Waals surface area contributed by atoms with Crippen LogP contribution in [-0.2, 0) is 5.41 Å². The molecule has 0 atom stereocenters. The third kappa shape index (κ3) is 12.9. The van der Waals surface area contributed by atoms with Crippen LogP contribution in [0.4, 0.5) is 0 Å². The van der Waals surface area contributed by atoms with Gasteiger partial charge in [-0.25, -0.2) is 0 Å². The van der Waals surface area contributed by atoms with Crippen molar-refractivity contribution in [3.8, 4) is 111 Å². The number of benzene rings is 24. The van der Waals surface area contributed by atoms with Gasteiger partial charge in [0.1, 0.15) is 0 Å². The van der Waals surface area contributed by atoms with E-state index in [0.29, 0.717) is 0 Å². The molecule has 0 bridgehead atoms. The number of hydrogen-bond donors (Lipinski definition) is 0. The van der Waals surface area contributed by atoms with E-state index < -0.39 is 0 Å². The van der Waals surface area contributed by atoms with Crippen LogP contribution in [0, 0.1) is 0 Å². The Hall–Kier alpha value is -15.9. The molecule has 0 amide bonds. The largest absolute Gasteiger partial charge is 0.0622 e. The van der Waals surface area contributed by atoms with Gasteiger partial charge in [0.15, 0.2) is 0 Å². The fraction of sp³-hybridized carbons (Fsp3) is 0.0240. The third-order valence-corrected chi connectivity index (χ3v) is 26.5. The fourth-order valence-electron chi connectivity index (χ4n) is 20.7. The summed E-state index contributed by atoms with van der Waals surface area (Å²) in [5.74, 6) is 0. The molecule has 0 heteroatoms. The molecule has 584 valence electrons. The molecule has 0 spiro atoms. The summed E-state index contributed by atoms with van der Waals surface area (Å²) in [6.45, 7) is 4.73. The SMILES string of the molecule is CC1(C)c2ccccc2-c2ccc(-c3c4ccccc4c(-c4ccccc4)c4cc(-c5ccc6ccccc6c5)ccc34)cc21.c1ccc(-c2c3ccccc3c(-c3ccc4ccccc4c3)c3ccc(-c4cccc5ccccc45)cc23)cc1.c1ccc(-c2c3ccccc3c(-c3cccc4ccccc34)c3ccc(-c4cccc5ccccc45)cc23)cc1. The van der Waals surface area contributed by atoms with Crippen molar-refractivity contribution in [2.45, 2.75) is 19.3 Å². The molecule has 1 aliphatic carbocycles. The normalized spacial score (nSPS) is 12.1. The summed E-state index contributed by atoms with van der Waals surface area (Å²) in [5, 5.41) is 28.0. The lowest BCUT2D eigenvalue weighted by Gasteiger charge is -2.23. The molecule has 25 rings (SSSR count). The standard InChI is InChI=1S/C45H32.2C40H26/c1-45(2)41-19-11-10-16-35(41)36-24-23-34(28-42(36)45)44-38-18-9-8-17-37(38)43(30-13-4-3-5-14-30)40-27-33(22-25-39(40)44)32-21-20-29-12-6-7-15-31(29)26-32;1-2-14-29(15-3-1)39-35-20-8-9-21-36(35)40(34-23-11-17-28-13-5-7-19-32(28)34)37-25-24-30(26-38(37)39)33-22-10-16-27-12-4-6-18-31(27)33;1-2-13-29(14-3-1)39-35-18-8-9-19-36(35)40(32-22-21-27-11-4-5-15-30(27)25-32)37-24-23-31(26-38(37)39)34-20-10-16-28-12-6-7-17-33(28)34/h3-28H,1-2H3;2*1-26H. The highest BCUT2D eigenvalue weighted by molar-refractivity contribution is 6.27. The molecule has 24 aromatic rings. The van der Waals surface area contributed by atoms with E-state index in [2.05, 4.69) is 487 Å². The summed E-state index contributed by atoms with van der Waals surface area (Å²) < 4.78 is 0. The zero-order chi connectivity index (χ0) is 83.1. The minimum atomic E-state index is -0.0548. The molecule has 0 fully saturated rings. The van der Waals surface area contributed by atoms with Crippen LogP contribution in [0.1, 0.15) is 25.0 Å². The van der Waals surface area contributed by atoms with Gasteiger partial charge in [-0.3, -0.25) is 0 Å². The second kappa shape index (κ2) is 31.0. The van der Waals surface area contributed by atoms with Crippen LogP contribution in [0.3, 0.4) is 0 Å². The summed E-state index contributed by atoms with van der Waals surface area (Å²) in [4.78, 5) is 0. The van der Waals surface area contributed by atoms with Gasteiger partial charge in [0, 0.05) is 5.41 Å². The molecule has 24 aromatic carbocycles. The highest BCUT2D eigenvalue weighted by Gasteiger charge is 2.36. The molecule has 0 saturated heterocycles. The van der Waals surface area contributed by atoms with E-state index in [0.717, 1.165) is 0 Å². The average Bonchev–Trinajstić information content (AvgIpc) is 1.66. The summed E-state index contributed by atoms with van der Waals surface area (Å²) in [7, 11) is 0. The Morgan fingerprint density at radius 2 is 0.384 bits per heavy atom. The van der Waals surface area contributed by atoms with E-state index in [4.69, 9.17) is 0 Å². The summed E-state index contributed by atoms with van der Waals surface area (Å²) in [5.41, 5.74) is 28.2. The van der Waals surface area contributed by atoms with Gasteiger partial charge in [0.25, 0.3) is 0 Å². The minimum absolute atomic E-state index is 0.0548. The third-order valence-electron chi connectivity index (χ3n) is 26.5. The van der Waals surface area contributed by atoms with Crippen LogP contribution < -0.4 is 0 Å². The monoisotopic (exact) mass is 1580 g/mol. The van der Waals surface area contributed by atoms with Crippen molar-refractivity contribution in [2.24, 2.45) is 0 Å². The van der Waals surface area contributed by atoms with Gasteiger partial charge in [0.2, 0.25) is 0 Å². The van der Waals surface area contributed by atoms with Crippen LogP contribution in [0.2, 0.25) is 0 Å². The topological polar surface area (TPSA) is 0 Å². The number of hydrogen-bond acceptors (Lipinski definition) is 0. The van der Waals surface area contributed by atoms with E-state index in [9.17, 15) is 0 Å². The molecule has 0 nitrogen and oxygen atoms in total. The molecule has 0 aliphatic heterocycles. The second-order valence-corrected chi connectivity index (χ2v) is 33.9. The molecule has 1 aliphatic rings. The first kappa shape index (κ1) is 74.2. The summed E-state index contributed by atoms with van der Waals surface area (Å²) in [6.07, 6.45) is 0. The van der Waals surface area contributed by atoms with Crippen molar-refractivity contribution in [3.63, 3.8) is 0 Å². The first-order valence-corrected chi connectivity index (χ1v) is 43.6. The van der Waals surface area contributed by atoms with E-state index in [1.165, 1.54) is 241 Å². The summed E-state index contributed by atoms with van der Waals surface area (Å²) >= 11 is 0. The van der Waals surface area contributed by atoms with Gasteiger partial charge in [-0.15, -0.1) is 0 Å². The Labute approximate surface area is 728 Å². The predicted octanol–water partition coefficient (Wildman–Crippen LogP) is 35.1. The van der Waals surface area contributed by atoms with Crippen LogP contribution in [0.5, 0.6) is 0 Å². The lowest BCUT2D eigenvalue weighted by molar-refractivity contribution is 0.660.